The molecule has 0 fully saturated rings. The average molecular weight is 386 g/mol. The van der Waals surface area contributed by atoms with E-state index >= 15 is 0 Å². The Hall–Kier alpha value is -2.55. The van der Waals surface area contributed by atoms with E-state index in [-0.39, 0.29) is 12.2 Å². The smallest absolute Gasteiger partial charge is 0.243 e. The molecule has 0 aliphatic carbocycles. The fourth-order valence-corrected chi connectivity index (χ4v) is 2.73. The summed E-state index contributed by atoms with van der Waals surface area (Å²) in [6.07, 6.45) is 0.106. The van der Waals surface area contributed by atoms with Crippen molar-refractivity contribution in [1.29, 1.82) is 0 Å². The first-order valence-electron chi connectivity index (χ1n) is 7.45. The van der Waals surface area contributed by atoms with Gasteiger partial charge < -0.3 is 10.6 Å². The van der Waals surface area contributed by atoms with Gasteiger partial charge in [-0.1, -0.05) is 0 Å². The van der Waals surface area contributed by atoms with Crippen molar-refractivity contribution in [2.75, 3.05) is 17.6 Å². The quantitative estimate of drug-likeness (QED) is 0.435. The second kappa shape index (κ2) is 9.23. The summed E-state index contributed by atoms with van der Waals surface area (Å²) in [6, 6.07) is 7.35. The summed E-state index contributed by atoms with van der Waals surface area (Å²) in [6.45, 7) is -0.446. The van der Waals surface area contributed by atoms with Crippen LogP contribution in [-0.2, 0) is 9.59 Å². The molecule has 2 aromatic carbocycles. The lowest BCUT2D eigenvalue weighted by atomic mass is 10.2. The molecule has 138 valence electrons. The molecule has 0 aliphatic heterocycles. The van der Waals surface area contributed by atoms with Crippen LogP contribution < -0.4 is 10.6 Å². The van der Waals surface area contributed by atoms with E-state index in [1.54, 1.807) is 12.1 Å². The van der Waals surface area contributed by atoms with E-state index in [2.05, 4.69) is 5.32 Å². The first-order valence-corrected chi connectivity index (χ1v) is 8.44. The lowest BCUT2D eigenvalue weighted by Gasteiger charge is -2.08. The number of rotatable bonds is 7. The molecule has 26 heavy (non-hydrogen) atoms. The zero-order valence-electron chi connectivity index (χ0n) is 13.3. The van der Waals surface area contributed by atoms with E-state index in [0.717, 1.165) is 11.0 Å². The van der Waals surface area contributed by atoms with Crippen molar-refractivity contribution in [3.05, 3.63) is 59.7 Å². The van der Waals surface area contributed by atoms with Gasteiger partial charge in [0.2, 0.25) is 11.8 Å². The topological polar surface area (TPSA) is 58.2 Å². The maximum Gasteiger partial charge on any atom is 0.243 e. The number of halogens is 4. The summed E-state index contributed by atoms with van der Waals surface area (Å²) < 4.78 is 52.1. The maximum absolute atomic E-state index is 13.4. The van der Waals surface area contributed by atoms with Gasteiger partial charge in [-0.15, -0.1) is 11.8 Å². The lowest BCUT2D eigenvalue weighted by molar-refractivity contribution is -0.123. The summed E-state index contributed by atoms with van der Waals surface area (Å²) in [4.78, 5) is 24.1. The van der Waals surface area contributed by atoms with Gasteiger partial charge in [0, 0.05) is 17.1 Å². The van der Waals surface area contributed by atoms with Crippen LogP contribution in [0, 0.1) is 23.3 Å². The van der Waals surface area contributed by atoms with Crippen LogP contribution in [0.4, 0.5) is 23.2 Å². The van der Waals surface area contributed by atoms with Gasteiger partial charge in [0.15, 0.2) is 17.5 Å². The Morgan fingerprint density at radius 3 is 2.27 bits per heavy atom. The molecule has 0 unspecified atom stereocenters. The highest BCUT2D eigenvalue weighted by molar-refractivity contribution is 7.99. The van der Waals surface area contributed by atoms with Crippen LogP contribution in [0.3, 0.4) is 0 Å². The Bertz CT molecular complexity index is 800. The predicted octanol–water partition coefficient (Wildman–Crippen LogP) is 3.48. The normalized spacial score (nSPS) is 10.5. The molecule has 0 saturated carbocycles. The molecule has 0 bridgehead atoms. The first-order chi connectivity index (χ1) is 12.4. The number of amides is 2. The van der Waals surface area contributed by atoms with Gasteiger partial charge in [0.1, 0.15) is 5.82 Å². The monoisotopic (exact) mass is 386 g/mol. The summed E-state index contributed by atoms with van der Waals surface area (Å²) in [5.41, 5.74) is -0.519. The molecule has 2 amide bonds. The zero-order valence-corrected chi connectivity index (χ0v) is 14.1. The van der Waals surface area contributed by atoms with Crippen molar-refractivity contribution in [3.63, 3.8) is 0 Å². The van der Waals surface area contributed by atoms with Crippen LogP contribution >= 0.6 is 11.8 Å². The Balaban J connectivity index is 1.72. The Kier molecular flexibility index (Phi) is 7.02. The van der Waals surface area contributed by atoms with Crippen LogP contribution in [0.2, 0.25) is 0 Å². The minimum Gasteiger partial charge on any atom is -0.347 e. The number of carbonyl (C=O) groups is 2. The summed E-state index contributed by atoms with van der Waals surface area (Å²) >= 11 is 1.34. The summed E-state index contributed by atoms with van der Waals surface area (Å²) in [7, 11) is 0. The molecule has 2 aromatic rings. The third kappa shape index (κ3) is 5.76. The van der Waals surface area contributed by atoms with Gasteiger partial charge in [-0.25, -0.2) is 17.6 Å². The van der Waals surface area contributed by atoms with E-state index in [9.17, 15) is 27.2 Å². The fourth-order valence-electron chi connectivity index (χ4n) is 1.88. The summed E-state index contributed by atoms with van der Waals surface area (Å²) in [5.74, 6) is -5.71. The highest BCUT2D eigenvalue weighted by Gasteiger charge is 2.15. The Labute approximate surface area is 151 Å². The number of carbonyl (C=O) groups excluding carboxylic acids is 2. The van der Waals surface area contributed by atoms with Gasteiger partial charge in [0.25, 0.3) is 0 Å². The van der Waals surface area contributed by atoms with Crippen molar-refractivity contribution < 1.29 is 27.2 Å². The van der Waals surface area contributed by atoms with Gasteiger partial charge in [0.05, 0.1) is 12.2 Å². The maximum atomic E-state index is 13.4. The second-order valence-corrected chi connectivity index (χ2v) is 6.27. The number of anilines is 1. The van der Waals surface area contributed by atoms with E-state index in [4.69, 9.17) is 0 Å². The Morgan fingerprint density at radius 1 is 0.885 bits per heavy atom. The minimum atomic E-state index is -1.69. The van der Waals surface area contributed by atoms with Crippen LogP contribution in [0.5, 0.6) is 0 Å². The Morgan fingerprint density at radius 2 is 1.58 bits per heavy atom. The molecule has 0 aromatic heterocycles. The molecule has 0 saturated heterocycles. The largest absolute Gasteiger partial charge is 0.347 e. The van der Waals surface area contributed by atoms with Crippen molar-refractivity contribution in [3.8, 4) is 0 Å². The first kappa shape index (κ1) is 19.8. The second-order valence-electron chi connectivity index (χ2n) is 5.10. The highest BCUT2D eigenvalue weighted by Crippen LogP contribution is 2.20. The number of hydrogen-bond acceptors (Lipinski definition) is 3. The molecule has 2 N–H and O–H groups in total. The van der Waals surface area contributed by atoms with E-state index in [1.807, 2.05) is 5.32 Å². The summed E-state index contributed by atoms with van der Waals surface area (Å²) in [5, 5.41) is 4.37. The molecule has 0 heterocycles. The van der Waals surface area contributed by atoms with Crippen molar-refractivity contribution in [2.45, 2.75) is 11.3 Å². The fraction of sp³-hybridized carbons (Fsp3) is 0.176. The van der Waals surface area contributed by atoms with Gasteiger partial charge in [-0.05, 0) is 36.4 Å². The lowest BCUT2D eigenvalue weighted by Crippen LogP contribution is -2.33. The molecule has 2 rings (SSSR count). The standard InChI is InChI=1S/C17H14F4N2O2S/c18-10-1-3-11(4-2-10)26-8-7-14(24)22-9-15(25)23-13-6-5-12(19)16(20)17(13)21/h1-6H,7-9H2,(H,22,24)(H,23,25). The zero-order chi connectivity index (χ0) is 19.1. The van der Waals surface area contributed by atoms with Crippen molar-refractivity contribution in [2.24, 2.45) is 0 Å². The number of thioether (sulfide) groups is 1. The number of hydrogen-bond donors (Lipinski definition) is 2. The predicted molar refractivity (Wildman–Crippen MR) is 89.7 cm³/mol. The third-order valence-electron chi connectivity index (χ3n) is 3.17. The molecular weight excluding hydrogens is 372 g/mol. The van der Waals surface area contributed by atoms with Crippen LogP contribution in [0.25, 0.3) is 0 Å². The van der Waals surface area contributed by atoms with E-state index < -0.39 is 41.5 Å². The molecule has 9 heteroatoms. The minimum absolute atomic E-state index is 0.106. The van der Waals surface area contributed by atoms with Crippen molar-refractivity contribution >= 4 is 29.3 Å². The molecule has 0 spiro atoms. The van der Waals surface area contributed by atoms with Crippen LogP contribution in [0.1, 0.15) is 6.42 Å². The van der Waals surface area contributed by atoms with Gasteiger partial charge in [-0.2, -0.15) is 0 Å². The van der Waals surface area contributed by atoms with Crippen LogP contribution in [0.15, 0.2) is 41.3 Å². The molecular formula is C17H14F4N2O2S. The SMILES string of the molecule is O=C(CCSc1ccc(F)cc1)NCC(=O)Nc1ccc(F)c(F)c1F. The van der Waals surface area contributed by atoms with Crippen LogP contribution in [-0.4, -0.2) is 24.1 Å². The molecule has 0 atom stereocenters. The molecule has 4 nitrogen and oxygen atoms in total. The van der Waals surface area contributed by atoms with E-state index in [1.165, 1.54) is 23.9 Å². The van der Waals surface area contributed by atoms with E-state index in [0.29, 0.717) is 11.8 Å². The third-order valence-corrected chi connectivity index (χ3v) is 4.18. The van der Waals surface area contributed by atoms with Gasteiger partial charge >= 0.3 is 0 Å². The number of benzene rings is 2. The average Bonchev–Trinajstić information content (AvgIpc) is 2.62. The molecule has 0 radical (unpaired) electrons. The van der Waals surface area contributed by atoms with Gasteiger partial charge in [-0.3, -0.25) is 9.59 Å². The number of nitrogens with one attached hydrogen (secondary N) is 2. The molecule has 0 aliphatic rings. The highest BCUT2D eigenvalue weighted by atomic mass is 32.2. The van der Waals surface area contributed by atoms with Crippen molar-refractivity contribution in [1.82, 2.24) is 5.32 Å².